The Bertz CT molecular complexity index is 674. The van der Waals surface area contributed by atoms with Crippen molar-refractivity contribution < 1.29 is 9.90 Å². The number of nitrogens with one attached hydrogen (secondary N) is 1. The smallest absolute Gasteiger partial charge is 0.318 e. The topological polar surface area (TPSA) is 52.6 Å². The van der Waals surface area contributed by atoms with Crippen LogP contribution >= 0.6 is 0 Å². The van der Waals surface area contributed by atoms with Crippen molar-refractivity contribution in [3.8, 4) is 0 Å². The summed E-state index contributed by atoms with van der Waals surface area (Å²) in [4.78, 5) is 15.2. The zero-order chi connectivity index (χ0) is 17.2. The lowest BCUT2D eigenvalue weighted by molar-refractivity contribution is -0.162. The van der Waals surface area contributed by atoms with Crippen LogP contribution in [0, 0.1) is 17.8 Å². The molecule has 1 saturated heterocycles. The van der Waals surface area contributed by atoms with Crippen molar-refractivity contribution in [3.05, 3.63) is 35.9 Å². The fourth-order valence-corrected chi connectivity index (χ4v) is 6.87. The van der Waals surface area contributed by atoms with E-state index in [1.54, 1.807) is 0 Å². The van der Waals surface area contributed by atoms with Crippen LogP contribution in [-0.2, 0) is 5.54 Å². The van der Waals surface area contributed by atoms with Gasteiger partial charge in [-0.05, 0) is 61.8 Å². The molecule has 4 aliphatic carbocycles. The second-order valence-electron chi connectivity index (χ2n) is 8.96. The Labute approximate surface area is 149 Å². The molecule has 4 nitrogen and oxygen atoms in total. The number of carbonyl (C=O) groups excluding carboxylic acids is 1. The third kappa shape index (κ3) is 2.13. The van der Waals surface area contributed by atoms with Crippen LogP contribution in [0.2, 0.25) is 0 Å². The van der Waals surface area contributed by atoms with Crippen molar-refractivity contribution in [2.24, 2.45) is 17.8 Å². The maximum absolute atomic E-state index is 13.0. The largest absolute Gasteiger partial charge is 0.390 e. The highest BCUT2D eigenvalue weighted by atomic mass is 16.3. The second kappa shape index (κ2) is 5.23. The van der Waals surface area contributed by atoms with E-state index < -0.39 is 5.60 Å². The first-order valence-electron chi connectivity index (χ1n) is 9.90. The van der Waals surface area contributed by atoms with Gasteiger partial charge in [0.1, 0.15) is 0 Å². The fraction of sp³-hybridized carbons (Fsp3) is 0.667. The van der Waals surface area contributed by atoms with Crippen LogP contribution in [0.25, 0.3) is 0 Å². The summed E-state index contributed by atoms with van der Waals surface area (Å²) in [6.07, 6.45) is 6.02. The molecule has 3 atom stereocenters. The number of benzene rings is 1. The SMILES string of the molecule is CCC1(c2ccccc2)CNC(=O)N1C1C2CC3CC1CC(O)(C3)C2. The minimum Gasteiger partial charge on any atom is -0.390 e. The molecule has 2 N–H and O–H groups in total. The van der Waals surface area contributed by atoms with Crippen LogP contribution in [0.3, 0.4) is 0 Å². The average Bonchev–Trinajstić information content (AvgIpc) is 2.92. The minimum atomic E-state index is -0.454. The highest BCUT2D eigenvalue weighted by Crippen LogP contribution is 2.58. The van der Waals surface area contributed by atoms with Crippen molar-refractivity contribution >= 4 is 6.03 Å². The van der Waals surface area contributed by atoms with Gasteiger partial charge in [0.2, 0.25) is 0 Å². The molecule has 1 aromatic rings. The van der Waals surface area contributed by atoms with Crippen molar-refractivity contribution in [1.82, 2.24) is 10.2 Å². The molecule has 5 fully saturated rings. The van der Waals surface area contributed by atoms with Crippen molar-refractivity contribution in [2.45, 2.75) is 62.6 Å². The summed E-state index contributed by atoms with van der Waals surface area (Å²) in [6.45, 7) is 2.89. The first-order chi connectivity index (χ1) is 12.0. The van der Waals surface area contributed by atoms with E-state index in [1.807, 2.05) is 6.07 Å². The van der Waals surface area contributed by atoms with E-state index in [9.17, 15) is 9.90 Å². The zero-order valence-electron chi connectivity index (χ0n) is 14.9. The lowest BCUT2D eigenvalue weighted by Gasteiger charge is -2.61. The average molecular weight is 340 g/mol. The van der Waals surface area contributed by atoms with Crippen LogP contribution in [0.15, 0.2) is 30.3 Å². The second-order valence-corrected chi connectivity index (χ2v) is 8.96. The van der Waals surface area contributed by atoms with E-state index in [1.165, 1.54) is 18.4 Å². The summed E-state index contributed by atoms with van der Waals surface area (Å²) in [5.74, 6) is 1.57. The molecule has 4 bridgehead atoms. The molecule has 1 aromatic carbocycles. The van der Waals surface area contributed by atoms with Crippen LogP contribution < -0.4 is 5.32 Å². The number of aliphatic hydroxyl groups is 1. The molecule has 4 saturated carbocycles. The Morgan fingerprint density at radius 3 is 2.44 bits per heavy atom. The standard InChI is InChI=1S/C21H28N2O2/c1-2-21(17-6-4-3-5-7-17)13-22-19(24)23(21)18-15-8-14-9-16(18)12-20(25,10-14)11-15/h3-7,14-16,18,25H,2,8-13H2,1H3,(H,22,24). The molecule has 1 heterocycles. The van der Waals surface area contributed by atoms with Gasteiger partial charge in [0.25, 0.3) is 0 Å². The Balaban J connectivity index is 1.56. The molecule has 25 heavy (non-hydrogen) atoms. The van der Waals surface area contributed by atoms with Crippen molar-refractivity contribution in [1.29, 1.82) is 0 Å². The van der Waals surface area contributed by atoms with E-state index in [-0.39, 0.29) is 17.6 Å². The summed E-state index contributed by atoms with van der Waals surface area (Å²) in [5, 5.41) is 14.1. The predicted molar refractivity (Wildman–Crippen MR) is 95.9 cm³/mol. The van der Waals surface area contributed by atoms with Crippen LogP contribution in [-0.4, -0.2) is 34.2 Å². The van der Waals surface area contributed by atoms with Gasteiger partial charge in [-0.15, -0.1) is 0 Å². The van der Waals surface area contributed by atoms with Crippen molar-refractivity contribution in [3.63, 3.8) is 0 Å². The van der Waals surface area contributed by atoms with Crippen molar-refractivity contribution in [2.75, 3.05) is 6.54 Å². The van der Waals surface area contributed by atoms with Crippen LogP contribution in [0.1, 0.15) is 51.0 Å². The van der Waals surface area contributed by atoms with E-state index in [0.29, 0.717) is 24.3 Å². The Morgan fingerprint density at radius 1 is 1.16 bits per heavy atom. The fourth-order valence-electron chi connectivity index (χ4n) is 6.87. The molecule has 0 aromatic heterocycles. The lowest BCUT2D eigenvalue weighted by Crippen LogP contribution is -2.65. The molecule has 0 spiro atoms. The lowest BCUT2D eigenvalue weighted by atomic mass is 9.51. The van der Waals surface area contributed by atoms with Gasteiger partial charge in [0.15, 0.2) is 0 Å². The third-order valence-electron chi connectivity index (χ3n) is 7.60. The normalized spacial score (nSPS) is 45.0. The summed E-state index contributed by atoms with van der Waals surface area (Å²) in [5.41, 5.74) is 0.537. The number of hydrogen-bond acceptors (Lipinski definition) is 2. The van der Waals surface area contributed by atoms with Gasteiger partial charge in [-0.3, -0.25) is 0 Å². The molecule has 5 aliphatic rings. The summed E-state index contributed by atoms with van der Waals surface area (Å²) in [7, 11) is 0. The Hall–Kier alpha value is -1.55. The maximum atomic E-state index is 13.0. The molecule has 1 aliphatic heterocycles. The molecule has 4 heteroatoms. The molecular weight excluding hydrogens is 312 g/mol. The van der Waals surface area contributed by atoms with Gasteiger partial charge in [0.05, 0.1) is 11.1 Å². The van der Waals surface area contributed by atoms with E-state index in [2.05, 4.69) is 41.4 Å². The van der Waals surface area contributed by atoms with Gasteiger partial charge in [-0.2, -0.15) is 0 Å². The first-order valence-corrected chi connectivity index (χ1v) is 9.90. The quantitative estimate of drug-likeness (QED) is 0.887. The number of urea groups is 1. The van der Waals surface area contributed by atoms with E-state index in [0.717, 1.165) is 25.7 Å². The van der Waals surface area contributed by atoms with E-state index in [4.69, 9.17) is 0 Å². The third-order valence-corrected chi connectivity index (χ3v) is 7.60. The molecule has 0 radical (unpaired) electrons. The summed E-state index contributed by atoms with van der Waals surface area (Å²) < 4.78 is 0. The van der Waals surface area contributed by atoms with Gasteiger partial charge < -0.3 is 15.3 Å². The van der Waals surface area contributed by atoms with Gasteiger partial charge >= 0.3 is 6.03 Å². The minimum absolute atomic E-state index is 0.0927. The van der Waals surface area contributed by atoms with Gasteiger partial charge in [0, 0.05) is 12.6 Å². The number of amides is 2. The first kappa shape index (κ1) is 15.7. The Morgan fingerprint density at radius 2 is 1.84 bits per heavy atom. The zero-order valence-corrected chi connectivity index (χ0v) is 14.9. The molecule has 6 rings (SSSR count). The molecular formula is C21H28N2O2. The molecule has 2 amide bonds. The summed E-state index contributed by atoms with van der Waals surface area (Å²) in [6, 6.07) is 10.9. The number of carbonyl (C=O) groups is 1. The number of nitrogens with zero attached hydrogens (tertiary/aromatic N) is 1. The van der Waals surface area contributed by atoms with E-state index >= 15 is 0 Å². The highest BCUT2D eigenvalue weighted by Gasteiger charge is 2.60. The van der Waals surface area contributed by atoms with Gasteiger partial charge in [-0.1, -0.05) is 37.3 Å². The monoisotopic (exact) mass is 340 g/mol. The maximum Gasteiger partial charge on any atom is 0.318 e. The Kier molecular flexibility index (Phi) is 3.28. The predicted octanol–water partition coefficient (Wildman–Crippen LogP) is 3.26. The molecule has 3 unspecified atom stereocenters. The highest BCUT2D eigenvalue weighted by molar-refractivity contribution is 5.79. The number of hydrogen-bond donors (Lipinski definition) is 2. The van der Waals surface area contributed by atoms with Crippen LogP contribution in [0.4, 0.5) is 4.79 Å². The number of rotatable bonds is 3. The molecule has 134 valence electrons. The van der Waals surface area contributed by atoms with Crippen LogP contribution in [0.5, 0.6) is 0 Å². The summed E-state index contributed by atoms with van der Waals surface area (Å²) >= 11 is 0. The van der Waals surface area contributed by atoms with Gasteiger partial charge in [-0.25, -0.2) is 4.79 Å².